The number of nitrogens with zero attached hydrogens (tertiary/aromatic N) is 3. The number of carbonyl (C=O) groups excluding carboxylic acids is 2. The zero-order valence-corrected chi connectivity index (χ0v) is 18.3. The number of amides is 2. The number of hydrogen-bond donors (Lipinski definition) is 1. The molecule has 9 heteroatoms. The molecule has 4 rings (SSSR count). The van der Waals surface area contributed by atoms with E-state index in [9.17, 15) is 14.0 Å². The van der Waals surface area contributed by atoms with Crippen LogP contribution in [0.25, 0.3) is 11.4 Å². The first-order valence-corrected chi connectivity index (χ1v) is 10.9. The number of halogens is 1. The molecule has 0 radical (unpaired) electrons. The third-order valence-electron chi connectivity index (χ3n) is 5.56. The first-order chi connectivity index (χ1) is 16.0. The number of piperidine rings is 1. The lowest BCUT2D eigenvalue weighted by molar-refractivity contribution is -0.131. The Morgan fingerprint density at radius 2 is 1.94 bits per heavy atom. The lowest BCUT2D eigenvalue weighted by Gasteiger charge is -2.30. The second-order valence-electron chi connectivity index (χ2n) is 7.74. The monoisotopic (exact) mass is 452 g/mol. The Bertz CT molecular complexity index is 1110. The average molecular weight is 452 g/mol. The maximum Gasteiger partial charge on any atom is 0.251 e. The molecule has 2 aromatic carbocycles. The van der Waals surface area contributed by atoms with Gasteiger partial charge in [-0.25, -0.2) is 4.39 Å². The molecule has 1 aromatic heterocycles. The fraction of sp³-hybridized carbons (Fsp3) is 0.333. The summed E-state index contributed by atoms with van der Waals surface area (Å²) >= 11 is 0. The van der Waals surface area contributed by atoms with Gasteiger partial charge in [0.2, 0.25) is 17.6 Å². The number of hydrogen-bond acceptors (Lipinski definition) is 6. The maximum absolute atomic E-state index is 14.1. The van der Waals surface area contributed by atoms with E-state index in [1.807, 2.05) is 6.07 Å². The van der Waals surface area contributed by atoms with Gasteiger partial charge in [0.05, 0.1) is 13.2 Å². The summed E-state index contributed by atoms with van der Waals surface area (Å²) in [5.74, 6) is 0.102. The Morgan fingerprint density at radius 1 is 1.18 bits per heavy atom. The van der Waals surface area contributed by atoms with Crippen LogP contribution in [0.5, 0.6) is 5.75 Å². The van der Waals surface area contributed by atoms with Gasteiger partial charge in [0, 0.05) is 30.1 Å². The summed E-state index contributed by atoms with van der Waals surface area (Å²) in [5, 5.41) is 6.65. The van der Waals surface area contributed by atoms with Crippen molar-refractivity contribution in [3.05, 3.63) is 65.8 Å². The summed E-state index contributed by atoms with van der Waals surface area (Å²) in [6.07, 6.45) is 1.33. The number of carbonyl (C=O) groups is 2. The highest BCUT2D eigenvalue weighted by Gasteiger charge is 2.28. The van der Waals surface area contributed by atoms with Gasteiger partial charge >= 0.3 is 0 Å². The summed E-state index contributed by atoms with van der Waals surface area (Å²) in [5.41, 5.74) is 1.02. The van der Waals surface area contributed by atoms with Gasteiger partial charge in [-0.3, -0.25) is 9.59 Å². The molecule has 1 fully saturated rings. The molecule has 0 bridgehead atoms. The molecule has 0 aliphatic carbocycles. The molecule has 2 heterocycles. The van der Waals surface area contributed by atoms with Crippen LogP contribution in [0.2, 0.25) is 0 Å². The first kappa shape index (κ1) is 22.4. The lowest BCUT2D eigenvalue weighted by Crippen LogP contribution is -2.43. The summed E-state index contributed by atoms with van der Waals surface area (Å²) in [6.45, 7) is 3.17. The van der Waals surface area contributed by atoms with Gasteiger partial charge in [-0.15, -0.1) is 0 Å². The Morgan fingerprint density at radius 3 is 2.64 bits per heavy atom. The average Bonchev–Trinajstić information content (AvgIpc) is 3.35. The van der Waals surface area contributed by atoms with Crippen molar-refractivity contribution >= 4 is 11.8 Å². The van der Waals surface area contributed by atoms with Crippen molar-refractivity contribution in [2.75, 3.05) is 26.2 Å². The zero-order valence-electron chi connectivity index (χ0n) is 18.3. The van der Waals surface area contributed by atoms with Crippen molar-refractivity contribution < 1.29 is 23.2 Å². The number of rotatable bonds is 7. The third kappa shape index (κ3) is 5.36. The van der Waals surface area contributed by atoms with Crippen LogP contribution in [0, 0.1) is 5.82 Å². The predicted molar refractivity (Wildman–Crippen MR) is 118 cm³/mol. The van der Waals surface area contributed by atoms with E-state index in [1.165, 1.54) is 6.07 Å². The van der Waals surface area contributed by atoms with Crippen LogP contribution in [0.1, 0.15) is 41.9 Å². The van der Waals surface area contributed by atoms with Crippen LogP contribution in [-0.2, 0) is 4.79 Å². The zero-order chi connectivity index (χ0) is 23.2. The summed E-state index contributed by atoms with van der Waals surface area (Å²) in [7, 11) is 0. The van der Waals surface area contributed by atoms with Gasteiger partial charge in [-0.2, -0.15) is 4.98 Å². The highest BCUT2D eigenvalue weighted by atomic mass is 19.1. The first-order valence-electron chi connectivity index (χ1n) is 10.9. The Balaban J connectivity index is 1.29. The Labute approximate surface area is 190 Å². The fourth-order valence-electron chi connectivity index (χ4n) is 3.77. The topological polar surface area (TPSA) is 97.6 Å². The van der Waals surface area contributed by atoms with Crippen molar-refractivity contribution in [2.45, 2.75) is 25.7 Å². The highest BCUT2D eigenvalue weighted by Crippen LogP contribution is 2.29. The van der Waals surface area contributed by atoms with E-state index in [0.717, 1.165) is 0 Å². The third-order valence-corrected chi connectivity index (χ3v) is 5.56. The lowest BCUT2D eigenvalue weighted by atomic mass is 9.96. The van der Waals surface area contributed by atoms with Gasteiger partial charge in [-0.05, 0) is 50.1 Å². The smallest absolute Gasteiger partial charge is 0.251 e. The minimum Gasteiger partial charge on any atom is -0.491 e. The SMILES string of the molecule is CCOc1ccc(-c2noc(C3CCN(C(=O)CNC(=O)c4ccccc4)CC3)n2)cc1F. The largest absolute Gasteiger partial charge is 0.491 e. The van der Waals surface area contributed by atoms with E-state index in [4.69, 9.17) is 9.26 Å². The quantitative estimate of drug-likeness (QED) is 0.590. The molecule has 172 valence electrons. The molecular weight excluding hydrogens is 427 g/mol. The number of benzene rings is 2. The molecule has 0 unspecified atom stereocenters. The van der Waals surface area contributed by atoms with Crippen LogP contribution in [0.15, 0.2) is 53.1 Å². The minimum atomic E-state index is -0.480. The minimum absolute atomic E-state index is 0.0155. The van der Waals surface area contributed by atoms with Gasteiger partial charge in [0.1, 0.15) is 0 Å². The molecule has 2 amide bonds. The van der Waals surface area contributed by atoms with Crippen molar-refractivity contribution in [2.24, 2.45) is 0 Å². The molecule has 1 N–H and O–H groups in total. The van der Waals surface area contributed by atoms with Crippen LogP contribution in [0.3, 0.4) is 0 Å². The van der Waals surface area contributed by atoms with Crippen molar-refractivity contribution in [1.29, 1.82) is 0 Å². The van der Waals surface area contributed by atoms with E-state index in [0.29, 0.717) is 55.4 Å². The normalized spacial score (nSPS) is 14.2. The summed E-state index contributed by atoms with van der Waals surface area (Å²) in [4.78, 5) is 30.8. The molecule has 33 heavy (non-hydrogen) atoms. The molecule has 0 spiro atoms. The highest BCUT2D eigenvalue weighted by molar-refractivity contribution is 5.96. The number of ether oxygens (including phenoxy) is 1. The molecule has 0 atom stereocenters. The van der Waals surface area contributed by atoms with E-state index < -0.39 is 5.82 Å². The Kier molecular flexibility index (Phi) is 6.97. The van der Waals surface area contributed by atoms with Crippen LogP contribution >= 0.6 is 0 Å². The van der Waals surface area contributed by atoms with Crippen LogP contribution in [-0.4, -0.2) is 53.1 Å². The van der Waals surface area contributed by atoms with E-state index in [1.54, 1.807) is 48.2 Å². The molecular formula is C24H25FN4O4. The number of aromatic nitrogens is 2. The van der Waals surface area contributed by atoms with Crippen molar-refractivity contribution in [1.82, 2.24) is 20.4 Å². The van der Waals surface area contributed by atoms with Gasteiger partial charge in [0.15, 0.2) is 11.6 Å². The second-order valence-corrected chi connectivity index (χ2v) is 7.74. The van der Waals surface area contributed by atoms with Crippen LogP contribution in [0.4, 0.5) is 4.39 Å². The standard InChI is InChI=1S/C24H25FN4O4/c1-2-32-20-9-8-18(14-19(20)25)22-27-24(33-28-22)17-10-12-29(13-11-17)21(30)15-26-23(31)16-6-4-3-5-7-16/h3-9,14,17H,2,10-13,15H2,1H3,(H,26,31). The van der Waals surface area contributed by atoms with Crippen molar-refractivity contribution in [3.63, 3.8) is 0 Å². The number of likely N-dealkylation sites (tertiary alicyclic amines) is 1. The van der Waals surface area contributed by atoms with E-state index in [2.05, 4.69) is 15.5 Å². The summed E-state index contributed by atoms with van der Waals surface area (Å²) < 4.78 is 24.8. The van der Waals surface area contributed by atoms with Gasteiger partial charge < -0.3 is 19.5 Å². The van der Waals surface area contributed by atoms with Gasteiger partial charge in [0.25, 0.3) is 5.91 Å². The molecule has 8 nitrogen and oxygen atoms in total. The summed E-state index contributed by atoms with van der Waals surface area (Å²) in [6, 6.07) is 13.3. The van der Waals surface area contributed by atoms with E-state index >= 15 is 0 Å². The molecule has 1 aliphatic rings. The number of nitrogens with one attached hydrogen (secondary N) is 1. The molecule has 1 saturated heterocycles. The van der Waals surface area contributed by atoms with Gasteiger partial charge in [-0.1, -0.05) is 23.4 Å². The maximum atomic E-state index is 14.1. The van der Waals surface area contributed by atoms with E-state index in [-0.39, 0.29) is 30.0 Å². The molecule has 0 saturated carbocycles. The molecule has 3 aromatic rings. The van der Waals surface area contributed by atoms with Crippen LogP contribution < -0.4 is 10.1 Å². The fourth-order valence-corrected chi connectivity index (χ4v) is 3.77. The predicted octanol–water partition coefficient (Wildman–Crippen LogP) is 3.41. The second kappa shape index (κ2) is 10.2. The molecule has 1 aliphatic heterocycles. The Hall–Kier alpha value is -3.75. The van der Waals surface area contributed by atoms with Crippen molar-refractivity contribution in [3.8, 4) is 17.1 Å².